The maximum atomic E-state index is 11.2. The molecule has 0 amide bonds. The van der Waals surface area contributed by atoms with Crippen LogP contribution in [0.2, 0.25) is 0 Å². The van der Waals surface area contributed by atoms with E-state index in [1.165, 1.54) is 14.2 Å². The molecule has 0 saturated heterocycles. The quantitative estimate of drug-likeness (QED) is 0.606. The zero-order chi connectivity index (χ0) is 12.7. The molecule has 0 fully saturated rings. The lowest BCUT2D eigenvalue weighted by Crippen LogP contribution is -2.23. The Balaban J connectivity index is 2.37. The second kappa shape index (κ2) is 3.69. The Bertz CT molecular complexity index is 739. The van der Waals surface area contributed by atoms with Gasteiger partial charge in [-0.15, -0.1) is 0 Å². The van der Waals surface area contributed by atoms with Crippen molar-refractivity contribution in [3.63, 3.8) is 0 Å². The SMILES string of the molecule is COc1cc2nc3no[n+]([O-])c3nc2cc1OC. The highest BCUT2D eigenvalue weighted by Gasteiger charge is 2.17. The standard InChI is InChI=1S/C10H8N4O4/c1-16-7-3-5-6(4-8(7)17-2)12-10-9(11-5)13-18-14(10)15/h3-4H,1-2H3. The third-order valence-corrected chi connectivity index (χ3v) is 2.51. The Labute approximate surface area is 100 Å². The molecule has 3 rings (SSSR count). The van der Waals surface area contributed by atoms with Crippen molar-refractivity contribution in [3.8, 4) is 11.5 Å². The van der Waals surface area contributed by atoms with E-state index in [1.807, 2.05) is 0 Å². The fraction of sp³-hybridized carbons (Fsp3) is 0.200. The summed E-state index contributed by atoms with van der Waals surface area (Å²) in [6, 6.07) is 3.29. The van der Waals surface area contributed by atoms with E-state index < -0.39 is 0 Å². The van der Waals surface area contributed by atoms with Crippen LogP contribution in [0.15, 0.2) is 16.8 Å². The third kappa shape index (κ3) is 1.39. The highest BCUT2D eigenvalue weighted by molar-refractivity contribution is 5.84. The first kappa shape index (κ1) is 10.5. The lowest BCUT2D eigenvalue weighted by molar-refractivity contribution is -0.783. The number of benzene rings is 1. The maximum Gasteiger partial charge on any atom is 0.362 e. The number of ether oxygens (including phenoxy) is 2. The maximum absolute atomic E-state index is 11.2. The van der Waals surface area contributed by atoms with Crippen LogP contribution < -0.4 is 14.4 Å². The lowest BCUT2D eigenvalue weighted by atomic mass is 10.2. The molecule has 0 radical (unpaired) electrons. The molecule has 0 saturated carbocycles. The van der Waals surface area contributed by atoms with Crippen LogP contribution in [0.1, 0.15) is 0 Å². The fourth-order valence-electron chi connectivity index (χ4n) is 1.66. The molecule has 3 aromatic rings. The topological polar surface area (TPSA) is 97.2 Å². The number of hydrogen-bond acceptors (Lipinski definition) is 7. The molecule has 2 heterocycles. The molecule has 0 N–H and O–H groups in total. The summed E-state index contributed by atoms with van der Waals surface area (Å²) in [5, 5.41) is 14.7. The van der Waals surface area contributed by atoms with E-state index >= 15 is 0 Å². The molecule has 2 aromatic heterocycles. The van der Waals surface area contributed by atoms with Gasteiger partial charge in [-0.2, -0.15) is 0 Å². The van der Waals surface area contributed by atoms with Crippen molar-refractivity contribution in [1.82, 2.24) is 15.1 Å². The highest BCUT2D eigenvalue weighted by atomic mass is 16.8. The summed E-state index contributed by atoms with van der Waals surface area (Å²) < 4.78 is 14.7. The summed E-state index contributed by atoms with van der Waals surface area (Å²) in [4.78, 5) is 8.48. The molecule has 8 heteroatoms. The van der Waals surface area contributed by atoms with E-state index in [9.17, 15) is 5.21 Å². The fourth-order valence-corrected chi connectivity index (χ4v) is 1.66. The van der Waals surface area contributed by atoms with Crippen LogP contribution in [-0.2, 0) is 0 Å². The highest BCUT2D eigenvalue weighted by Crippen LogP contribution is 2.30. The summed E-state index contributed by atoms with van der Waals surface area (Å²) in [5.74, 6) is 1.03. The van der Waals surface area contributed by atoms with Gasteiger partial charge >= 0.3 is 11.3 Å². The predicted octanol–water partition coefficient (Wildman–Crippen LogP) is 0.422. The van der Waals surface area contributed by atoms with Gasteiger partial charge in [-0.3, -0.25) is 0 Å². The van der Waals surface area contributed by atoms with Gasteiger partial charge in [0, 0.05) is 12.1 Å². The molecule has 0 spiro atoms. The van der Waals surface area contributed by atoms with Crippen LogP contribution in [0.4, 0.5) is 0 Å². The minimum atomic E-state index is 0.0229. The Morgan fingerprint density at radius 1 is 1.11 bits per heavy atom. The van der Waals surface area contributed by atoms with Gasteiger partial charge in [-0.25, -0.2) is 4.98 Å². The summed E-state index contributed by atoms with van der Waals surface area (Å²) in [6.45, 7) is 0. The second-order valence-electron chi connectivity index (χ2n) is 3.50. The average Bonchev–Trinajstić information content (AvgIpc) is 2.75. The van der Waals surface area contributed by atoms with Crippen molar-refractivity contribution in [2.75, 3.05) is 14.2 Å². The van der Waals surface area contributed by atoms with Gasteiger partial charge in [0.1, 0.15) is 5.52 Å². The molecule has 8 nitrogen and oxygen atoms in total. The molecule has 1 aromatic carbocycles. The molecular weight excluding hydrogens is 240 g/mol. The van der Waals surface area contributed by atoms with Gasteiger partial charge in [0.25, 0.3) is 0 Å². The normalized spacial score (nSPS) is 11.0. The van der Waals surface area contributed by atoms with Crippen LogP contribution in [-0.4, -0.2) is 29.3 Å². The van der Waals surface area contributed by atoms with Gasteiger partial charge < -0.3 is 19.3 Å². The monoisotopic (exact) mass is 248 g/mol. The lowest BCUT2D eigenvalue weighted by Gasteiger charge is -2.06. The van der Waals surface area contributed by atoms with Crippen molar-refractivity contribution in [2.45, 2.75) is 0 Å². The summed E-state index contributed by atoms with van der Waals surface area (Å²) in [5.41, 5.74) is 1.20. The minimum absolute atomic E-state index is 0.0229. The van der Waals surface area contributed by atoms with E-state index in [-0.39, 0.29) is 16.2 Å². The second-order valence-corrected chi connectivity index (χ2v) is 3.50. The zero-order valence-electron chi connectivity index (χ0n) is 9.58. The first-order valence-electron chi connectivity index (χ1n) is 5.02. The average molecular weight is 248 g/mol. The number of fused-ring (bicyclic) bond motifs is 2. The first-order valence-corrected chi connectivity index (χ1v) is 5.02. The smallest absolute Gasteiger partial charge is 0.362 e. The van der Waals surface area contributed by atoms with Gasteiger partial charge in [0.15, 0.2) is 17.0 Å². The predicted molar refractivity (Wildman–Crippen MR) is 59.2 cm³/mol. The van der Waals surface area contributed by atoms with Crippen LogP contribution in [0.5, 0.6) is 11.5 Å². The number of aromatic nitrogens is 4. The molecule has 18 heavy (non-hydrogen) atoms. The number of rotatable bonds is 2. The van der Waals surface area contributed by atoms with E-state index in [4.69, 9.17) is 9.47 Å². The van der Waals surface area contributed by atoms with E-state index in [0.29, 0.717) is 22.5 Å². The first-order chi connectivity index (χ1) is 8.72. The Morgan fingerprint density at radius 3 is 2.33 bits per heavy atom. The van der Waals surface area contributed by atoms with E-state index in [2.05, 4.69) is 19.8 Å². The molecule has 0 aliphatic heterocycles. The van der Waals surface area contributed by atoms with Gasteiger partial charge in [0.2, 0.25) is 0 Å². The van der Waals surface area contributed by atoms with Crippen LogP contribution >= 0.6 is 0 Å². The molecule has 92 valence electrons. The molecule has 0 aliphatic rings. The number of hydrogen-bond donors (Lipinski definition) is 0. The van der Waals surface area contributed by atoms with Crippen LogP contribution in [0.25, 0.3) is 22.3 Å². The number of nitrogens with zero attached hydrogens (tertiary/aromatic N) is 4. The van der Waals surface area contributed by atoms with E-state index in [0.717, 1.165) is 0 Å². The zero-order valence-corrected chi connectivity index (χ0v) is 9.58. The molecular formula is C10H8N4O4. The van der Waals surface area contributed by atoms with Crippen molar-refractivity contribution in [2.24, 2.45) is 0 Å². The van der Waals surface area contributed by atoms with Crippen molar-refractivity contribution in [3.05, 3.63) is 17.3 Å². The minimum Gasteiger partial charge on any atom is -0.493 e. The van der Waals surface area contributed by atoms with Crippen LogP contribution in [0.3, 0.4) is 0 Å². The Kier molecular flexibility index (Phi) is 2.15. The van der Waals surface area contributed by atoms with Crippen molar-refractivity contribution < 1.29 is 19.0 Å². The summed E-state index contributed by atoms with van der Waals surface area (Å²) >= 11 is 0. The van der Waals surface area contributed by atoms with Gasteiger partial charge in [0.05, 0.1) is 14.2 Å². The Hall–Kier alpha value is -2.64. The third-order valence-electron chi connectivity index (χ3n) is 2.51. The van der Waals surface area contributed by atoms with Gasteiger partial charge in [-0.05, 0) is 5.16 Å². The van der Waals surface area contributed by atoms with Crippen molar-refractivity contribution in [1.29, 1.82) is 0 Å². The van der Waals surface area contributed by atoms with Gasteiger partial charge in [-0.1, -0.05) is 9.89 Å². The van der Waals surface area contributed by atoms with E-state index in [1.54, 1.807) is 12.1 Å². The summed E-state index contributed by atoms with van der Waals surface area (Å²) in [7, 11) is 3.04. The van der Waals surface area contributed by atoms with Crippen LogP contribution in [0, 0.1) is 5.21 Å². The molecule has 0 unspecified atom stereocenters. The molecule has 0 atom stereocenters. The number of methoxy groups -OCH3 is 2. The summed E-state index contributed by atoms with van der Waals surface area (Å²) in [6.07, 6.45) is 0. The Morgan fingerprint density at radius 2 is 1.72 bits per heavy atom. The molecule has 0 aliphatic carbocycles. The molecule has 0 bridgehead atoms. The largest absolute Gasteiger partial charge is 0.493 e. The van der Waals surface area contributed by atoms with Crippen molar-refractivity contribution >= 4 is 22.3 Å².